The van der Waals surface area contributed by atoms with Gasteiger partial charge in [0.15, 0.2) is 0 Å². The molecule has 1 amide bonds. The second-order valence-corrected chi connectivity index (χ2v) is 9.30. The fraction of sp³-hybridized carbons (Fsp3) is 0.350. The summed E-state index contributed by atoms with van der Waals surface area (Å²) in [7, 11) is -3.32. The van der Waals surface area contributed by atoms with Crippen LogP contribution < -0.4 is 0 Å². The first-order valence-corrected chi connectivity index (χ1v) is 10.7. The van der Waals surface area contributed by atoms with Crippen LogP contribution in [0.2, 0.25) is 0 Å². The number of likely N-dealkylation sites (tertiary alicyclic amines) is 1. The molecule has 0 unspecified atom stereocenters. The van der Waals surface area contributed by atoms with Gasteiger partial charge < -0.3 is 10.0 Å². The summed E-state index contributed by atoms with van der Waals surface area (Å²) >= 11 is 0. The molecule has 2 heterocycles. The molecule has 2 saturated heterocycles. The summed E-state index contributed by atoms with van der Waals surface area (Å²) in [5.41, 5.74) is 0.937. The van der Waals surface area contributed by atoms with E-state index in [1.165, 1.54) is 10.6 Å². The van der Waals surface area contributed by atoms with Gasteiger partial charge in [-0.1, -0.05) is 48.5 Å². The Morgan fingerprint density at radius 2 is 1.63 bits per heavy atom. The molecule has 2 aliphatic rings. The van der Waals surface area contributed by atoms with E-state index in [0.29, 0.717) is 5.56 Å². The summed E-state index contributed by atoms with van der Waals surface area (Å²) in [6.07, 6.45) is 1.18. The van der Waals surface area contributed by atoms with Gasteiger partial charge in [0.25, 0.3) is 5.91 Å². The molecule has 0 radical (unpaired) electrons. The lowest BCUT2D eigenvalue weighted by atomic mass is 9.61. The maximum atomic E-state index is 13.2. The molecule has 2 fully saturated rings. The van der Waals surface area contributed by atoms with Gasteiger partial charge in [-0.05, 0) is 17.7 Å². The molecule has 142 valence electrons. The molecule has 27 heavy (non-hydrogen) atoms. The highest BCUT2D eigenvalue weighted by Crippen LogP contribution is 2.54. The van der Waals surface area contributed by atoms with Gasteiger partial charge in [-0.15, -0.1) is 0 Å². The van der Waals surface area contributed by atoms with Crippen LogP contribution in [0.15, 0.2) is 60.7 Å². The summed E-state index contributed by atoms with van der Waals surface area (Å²) in [6.45, 7) is 0.333. The molecular weight excluding hydrogens is 364 g/mol. The third-order valence-corrected chi connectivity index (χ3v) is 6.93. The Bertz CT molecular complexity index is 940. The van der Waals surface area contributed by atoms with E-state index in [0.717, 1.165) is 5.56 Å². The first-order chi connectivity index (χ1) is 12.9. The average Bonchev–Trinajstić information content (AvgIpc) is 2.60. The van der Waals surface area contributed by atoms with Crippen LogP contribution in [-0.4, -0.2) is 66.2 Å². The SMILES string of the molecule is CS(=O)(=O)N1CC2(C1)[C@H](c1ccccc1)[C@@H](CO)N2C(=O)c1ccccc1. The molecule has 1 spiro atoms. The molecule has 0 bridgehead atoms. The van der Waals surface area contributed by atoms with Gasteiger partial charge in [-0.3, -0.25) is 4.79 Å². The van der Waals surface area contributed by atoms with Crippen LogP contribution >= 0.6 is 0 Å². The van der Waals surface area contributed by atoms with Crippen molar-refractivity contribution in [1.82, 2.24) is 9.21 Å². The normalized spacial score (nSPS) is 24.3. The van der Waals surface area contributed by atoms with Gasteiger partial charge in [0.2, 0.25) is 10.0 Å². The molecule has 7 heteroatoms. The summed E-state index contributed by atoms with van der Waals surface area (Å²) in [6, 6.07) is 18.3. The van der Waals surface area contributed by atoms with Crippen LogP contribution in [0.1, 0.15) is 21.8 Å². The number of benzene rings is 2. The number of amides is 1. The Morgan fingerprint density at radius 1 is 1.07 bits per heavy atom. The number of hydrogen-bond acceptors (Lipinski definition) is 4. The van der Waals surface area contributed by atoms with Crippen molar-refractivity contribution in [2.45, 2.75) is 17.5 Å². The molecule has 0 saturated carbocycles. The fourth-order valence-electron chi connectivity index (χ4n) is 4.51. The molecule has 0 aliphatic carbocycles. The van der Waals surface area contributed by atoms with Crippen LogP contribution in [0.4, 0.5) is 0 Å². The molecular formula is C20H22N2O4S. The zero-order chi connectivity index (χ0) is 19.2. The van der Waals surface area contributed by atoms with Gasteiger partial charge in [-0.2, -0.15) is 4.31 Å². The Labute approximate surface area is 159 Å². The Balaban J connectivity index is 1.73. The smallest absolute Gasteiger partial charge is 0.254 e. The van der Waals surface area contributed by atoms with Crippen LogP contribution in [0.5, 0.6) is 0 Å². The van der Waals surface area contributed by atoms with E-state index >= 15 is 0 Å². The first-order valence-electron chi connectivity index (χ1n) is 8.88. The quantitative estimate of drug-likeness (QED) is 0.859. The highest BCUT2D eigenvalue weighted by molar-refractivity contribution is 7.88. The highest BCUT2D eigenvalue weighted by atomic mass is 32.2. The maximum Gasteiger partial charge on any atom is 0.254 e. The largest absolute Gasteiger partial charge is 0.394 e. The summed E-state index contributed by atoms with van der Waals surface area (Å²) in [5.74, 6) is -0.274. The first kappa shape index (κ1) is 18.2. The number of aliphatic hydroxyl groups excluding tert-OH is 1. The standard InChI is InChI=1S/C20H22N2O4S/c1-27(25,26)21-13-20(14-21)18(15-8-4-2-5-9-15)17(12-23)22(20)19(24)16-10-6-3-7-11-16/h2-11,17-18,23H,12-14H2,1H3/t17-,18-/m1/s1. The van der Waals surface area contributed by atoms with E-state index in [2.05, 4.69) is 0 Å². The molecule has 4 rings (SSSR count). The van der Waals surface area contributed by atoms with Crippen molar-refractivity contribution in [3.63, 3.8) is 0 Å². The molecule has 2 atom stereocenters. The third kappa shape index (κ3) is 2.77. The number of rotatable bonds is 4. The van der Waals surface area contributed by atoms with E-state index in [1.807, 2.05) is 36.4 Å². The molecule has 2 aliphatic heterocycles. The van der Waals surface area contributed by atoms with Crippen LogP contribution in [0.3, 0.4) is 0 Å². The number of carbonyl (C=O) groups is 1. The van der Waals surface area contributed by atoms with Crippen molar-refractivity contribution < 1.29 is 18.3 Å². The van der Waals surface area contributed by atoms with E-state index in [-0.39, 0.29) is 37.6 Å². The number of hydrogen-bond donors (Lipinski definition) is 1. The zero-order valence-corrected chi connectivity index (χ0v) is 15.8. The maximum absolute atomic E-state index is 13.2. The average molecular weight is 386 g/mol. The van der Waals surface area contributed by atoms with Crippen LogP contribution in [0.25, 0.3) is 0 Å². The van der Waals surface area contributed by atoms with E-state index < -0.39 is 15.6 Å². The lowest BCUT2D eigenvalue weighted by Crippen LogP contribution is -2.85. The molecule has 2 aromatic carbocycles. The van der Waals surface area contributed by atoms with Crippen molar-refractivity contribution in [1.29, 1.82) is 0 Å². The van der Waals surface area contributed by atoms with Gasteiger partial charge in [0.05, 0.1) is 24.4 Å². The zero-order valence-electron chi connectivity index (χ0n) is 15.0. The van der Waals surface area contributed by atoms with Crippen molar-refractivity contribution in [3.8, 4) is 0 Å². The Kier molecular flexibility index (Phi) is 4.33. The molecule has 1 N–H and O–H groups in total. The van der Waals surface area contributed by atoms with Crippen molar-refractivity contribution >= 4 is 15.9 Å². The minimum Gasteiger partial charge on any atom is -0.394 e. The van der Waals surface area contributed by atoms with Crippen molar-refractivity contribution in [2.24, 2.45) is 0 Å². The topological polar surface area (TPSA) is 77.9 Å². The molecule has 2 aromatic rings. The lowest BCUT2D eigenvalue weighted by Gasteiger charge is -2.70. The van der Waals surface area contributed by atoms with E-state index in [9.17, 15) is 18.3 Å². The van der Waals surface area contributed by atoms with Gasteiger partial charge in [-0.25, -0.2) is 8.42 Å². The van der Waals surface area contributed by atoms with Gasteiger partial charge >= 0.3 is 0 Å². The number of sulfonamides is 1. The second kappa shape index (κ2) is 6.44. The fourth-order valence-corrected chi connectivity index (χ4v) is 5.42. The van der Waals surface area contributed by atoms with Crippen molar-refractivity contribution in [3.05, 3.63) is 71.8 Å². The predicted molar refractivity (Wildman–Crippen MR) is 102 cm³/mol. The third-order valence-electron chi connectivity index (χ3n) is 5.73. The van der Waals surface area contributed by atoms with Crippen LogP contribution in [0, 0.1) is 0 Å². The lowest BCUT2D eigenvalue weighted by molar-refractivity contribution is -0.142. The number of carbonyl (C=O) groups excluding carboxylic acids is 1. The minimum absolute atomic E-state index is 0.102. The van der Waals surface area contributed by atoms with E-state index in [4.69, 9.17) is 0 Å². The molecule has 0 aromatic heterocycles. The van der Waals surface area contributed by atoms with Gasteiger partial charge in [0.1, 0.15) is 0 Å². The summed E-state index contributed by atoms with van der Waals surface area (Å²) in [4.78, 5) is 14.9. The highest BCUT2D eigenvalue weighted by Gasteiger charge is 2.68. The van der Waals surface area contributed by atoms with Crippen LogP contribution in [-0.2, 0) is 10.0 Å². The van der Waals surface area contributed by atoms with Gasteiger partial charge in [0, 0.05) is 24.6 Å². The monoisotopic (exact) mass is 386 g/mol. The Hall–Kier alpha value is -2.22. The number of nitrogens with zero attached hydrogens (tertiary/aromatic N) is 2. The second-order valence-electron chi connectivity index (χ2n) is 7.31. The summed E-state index contributed by atoms with van der Waals surface area (Å²) < 4.78 is 25.3. The Morgan fingerprint density at radius 3 is 2.15 bits per heavy atom. The summed E-state index contributed by atoms with van der Waals surface area (Å²) in [5, 5.41) is 10.0. The van der Waals surface area contributed by atoms with Crippen molar-refractivity contribution in [2.75, 3.05) is 26.0 Å². The predicted octanol–water partition coefficient (Wildman–Crippen LogP) is 1.30. The molecule has 6 nitrogen and oxygen atoms in total. The minimum atomic E-state index is -3.32. The number of aliphatic hydroxyl groups is 1. The van der Waals surface area contributed by atoms with E-state index in [1.54, 1.807) is 29.2 Å².